The van der Waals surface area contributed by atoms with E-state index >= 15 is 0 Å². The number of fused-ring (bicyclic) bond motifs is 2. The Morgan fingerprint density at radius 1 is 1.25 bits per heavy atom. The Balaban J connectivity index is 1.72. The predicted molar refractivity (Wildman–Crippen MR) is 108 cm³/mol. The van der Waals surface area contributed by atoms with E-state index < -0.39 is 0 Å². The van der Waals surface area contributed by atoms with E-state index in [2.05, 4.69) is 26.7 Å². The van der Waals surface area contributed by atoms with Crippen LogP contribution in [0.25, 0.3) is 0 Å². The maximum Gasteiger partial charge on any atom is 0.252 e. The van der Waals surface area contributed by atoms with Gasteiger partial charge in [0, 0.05) is 17.8 Å². The summed E-state index contributed by atoms with van der Waals surface area (Å²) in [5.74, 6) is 1.14. The Labute approximate surface area is 164 Å². The fourth-order valence-electron chi connectivity index (χ4n) is 4.35. The Morgan fingerprint density at radius 2 is 2.04 bits per heavy atom. The minimum atomic E-state index is -0.253. The summed E-state index contributed by atoms with van der Waals surface area (Å²) < 4.78 is 5.64. The van der Waals surface area contributed by atoms with E-state index in [1.165, 1.54) is 12.7 Å². The van der Waals surface area contributed by atoms with Crippen molar-refractivity contribution in [3.63, 3.8) is 0 Å². The zero-order valence-electron chi connectivity index (χ0n) is 16.0. The number of nitrogens with zero attached hydrogens (tertiary/aromatic N) is 2. The normalized spacial score (nSPS) is 17.3. The maximum atomic E-state index is 12.6. The van der Waals surface area contributed by atoms with E-state index in [-0.39, 0.29) is 17.3 Å². The first-order chi connectivity index (χ1) is 13.5. The Bertz CT molecular complexity index is 908. The summed E-state index contributed by atoms with van der Waals surface area (Å²) in [6.07, 6.45) is 6.79. The van der Waals surface area contributed by atoms with E-state index in [4.69, 9.17) is 16.2 Å². The molecule has 8 nitrogen and oxygen atoms in total. The van der Waals surface area contributed by atoms with Crippen LogP contribution < -0.4 is 26.8 Å². The zero-order valence-corrected chi connectivity index (χ0v) is 16.0. The second-order valence-electron chi connectivity index (χ2n) is 7.51. The molecule has 1 aliphatic carbocycles. The Morgan fingerprint density at radius 3 is 2.79 bits per heavy atom. The van der Waals surface area contributed by atoms with Crippen molar-refractivity contribution in [3.05, 3.63) is 35.2 Å². The van der Waals surface area contributed by atoms with Gasteiger partial charge in [-0.3, -0.25) is 4.79 Å². The lowest BCUT2D eigenvalue weighted by Gasteiger charge is -2.34. The highest BCUT2D eigenvalue weighted by molar-refractivity contribution is 6.02. The van der Waals surface area contributed by atoms with Crippen LogP contribution in [0.4, 0.5) is 17.3 Å². The van der Waals surface area contributed by atoms with Crippen LogP contribution in [0.3, 0.4) is 0 Å². The van der Waals surface area contributed by atoms with Gasteiger partial charge in [-0.25, -0.2) is 9.97 Å². The molecule has 4 rings (SSSR count). The van der Waals surface area contributed by atoms with Crippen LogP contribution >= 0.6 is 0 Å². The van der Waals surface area contributed by atoms with Gasteiger partial charge in [0.2, 0.25) is 5.75 Å². The van der Waals surface area contributed by atoms with Crippen molar-refractivity contribution in [1.29, 1.82) is 0 Å². The van der Waals surface area contributed by atoms with E-state index in [9.17, 15) is 4.79 Å². The number of carbonyl (C=O) groups is 1. The number of rotatable bonds is 5. The first-order valence-electron chi connectivity index (χ1n) is 9.72. The molecule has 1 aromatic carbocycles. The zero-order chi connectivity index (χ0) is 19.7. The molecule has 6 N–H and O–H groups in total. The number of hydrogen-bond acceptors (Lipinski definition) is 7. The molecule has 8 heteroatoms. The standard InChI is InChI=1S/C20H26N6O2/c1-12-9-13(25-18-16(28-8-7-21)17(22)23-11-24-18)10-14-15(12)19(27)26-20(14)5-3-2-4-6-20/h9-11H,2-8,21H2,1H3,(H,26,27)(H3,22,23,24,25). The largest absolute Gasteiger partial charge is 0.485 e. The molecule has 1 amide bonds. The number of hydrogen-bond donors (Lipinski definition) is 4. The first kappa shape index (κ1) is 18.5. The predicted octanol–water partition coefficient (Wildman–Crippen LogP) is 2.35. The number of aromatic nitrogens is 2. The van der Waals surface area contributed by atoms with Gasteiger partial charge in [-0.15, -0.1) is 0 Å². The van der Waals surface area contributed by atoms with Gasteiger partial charge in [0.25, 0.3) is 5.91 Å². The molecule has 2 aliphatic rings. The molecule has 0 bridgehead atoms. The maximum absolute atomic E-state index is 12.6. The van der Waals surface area contributed by atoms with E-state index in [1.54, 1.807) is 0 Å². The van der Waals surface area contributed by atoms with E-state index in [0.717, 1.165) is 48.1 Å². The molecule has 2 aromatic rings. The number of nitrogen functional groups attached to an aromatic ring is 1. The summed E-state index contributed by atoms with van der Waals surface area (Å²) >= 11 is 0. The minimum absolute atomic E-state index is 0.0270. The highest BCUT2D eigenvalue weighted by Crippen LogP contribution is 2.45. The molecule has 0 unspecified atom stereocenters. The van der Waals surface area contributed by atoms with Gasteiger partial charge in [-0.1, -0.05) is 19.3 Å². The molecular weight excluding hydrogens is 356 g/mol. The third-order valence-corrected chi connectivity index (χ3v) is 5.60. The second-order valence-corrected chi connectivity index (χ2v) is 7.51. The van der Waals surface area contributed by atoms with Crippen LogP contribution in [0.15, 0.2) is 18.5 Å². The second kappa shape index (κ2) is 7.27. The van der Waals surface area contributed by atoms with Crippen molar-refractivity contribution in [2.24, 2.45) is 5.73 Å². The number of ether oxygens (including phenoxy) is 1. The smallest absolute Gasteiger partial charge is 0.252 e. The minimum Gasteiger partial charge on any atom is -0.485 e. The highest BCUT2D eigenvalue weighted by Gasteiger charge is 2.44. The SMILES string of the molecule is Cc1cc(Nc2ncnc(N)c2OCCN)cc2c1C(=O)NC21CCCCC1. The first-order valence-corrected chi connectivity index (χ1v) is 9.72. The topological polar surface area (TPSA) is 128 Å². The van der Waals surface area contributed by atoms with Gasteiger partial charge in [0.15, 0.2) is 11.6 Å². The van der Waals surface area contributed by atoms with Crippen LogP contribution in [0, 0.1) is 6.92 Å². The van der Waals surface area contributed by atoms with Crippen LogP contribution in [-0.2, 0) is 5.54 Å². The van der Waals surface area contributed by atoms with Crippen molar-refractivity contribution in [2.45, 2.75) is 44.6 Å². The Hall–Kier alpha value is -2.87. The molecule has 0 atom stereocenters. The third kappa shape index (κ3) is 3.13. The average Bonchev–Trinajstić information content (AvgIpc) is 2.93. The lowest BCUT2D eigenvalue weighted by atomic mass is 9.77. The van der Waals surface area contributed by atoms with Crippen molar-refractivity contribution in [2.75, 3.05) is 24.2 Å². The van der Waals surface area contributed by atoms with E-state index in [0.29, 0.717) is 24.7 Å². The molecule has 1 aliphatic heterocycles. The van der Waals surface area contributed by atoms with Crippen molar-refractivity contribution in [3.8, 4) is 5.75 Å². The molecule has 0 radical (unpaired) electrons. The molecule has 148 valence electrons. The summed E-state index contributed by atoms with van der Waals surface area (Å²) in [5.41, 5.74) is 14.9. The molecule has 1 fully saturated rings. The summed E-state index contributed by atoms with van der Waals surface area (Å²) in [6.45, 7) is 2.64. The Kier molecular flexibility index (Phi) is 4.80. The number of nitrogens with one attached hydrogen (secondary N) is 2. The van der Waals surface area contributed by atoms with Gasteiger partial charge in [0.1, 0.15) is 12.9 Å². The number of benzene rings is 1. The van der Waals surface area contributed by atoms with E-state index in [1.807, 2.05) is 13.0 Å². The van der Waals surface area contributed by atoms with Crippen molar-refractivity contribution < 1.29 is 9.53 Å². The number of nitrogens with two attached hydrogens (primary N) is 2. The highest BCUT2D eigenvalue weighted by atomic mass is 16.5. The van der Waals surface area contributed by atoms with Gasteiger partial charge >= 0.3 is 0 Å². The molecule has 28 heavy (non-hydrogen) atoms. The van der Waals surface area contributed by atoms with Gasteiger partial charge in [-0.05, 0) is 43.0 Å². The monoisotopic (exact) mass is 382 g/mol. The summed E-state index contributed by atoms with van der Waals surface area (Å²) in [5, 5.41) is 6.56. The van der Waals surface area contributed by atoms with Gasteiger partial charge in [-0.2, -0.15) is 0 Å². The number of amides is 1. The molecule has 1 aromatic heterocycles. The van der Waals surface area contributed by atoms with Crippen LogP contribution in [0.5, 0.6) is 5.75 Å². The van der Waals surface area contributed by atoms with Crippen LogP contribution in [0.2, 0.25) is 0 Å². The summed E-state index contributed by atoms with van der Waals surface area (Å²) in [7, 11) is 0. The number of anilines is 3. The summed E-state index contributed by atoms with van der Waals surface area (Å²) in [6, 6.07) is 4.00. The fourth-order valence-corrected chi connectivity index (χ4v) is 4.35. The number of carbonyl (C=O) groups excluding carboxylic acids is 1. The molecule has 2 heterocycles. The quantitative estimate of drug-likeness (QED) is 0.625. The van der Waals surface area contributed by atoms with Crippen LogP contribution in [-0.4, -0.2) is 29.0 Å². The van der Waals surface area contributed by atoms with Crippen LogP contribution in [0.1, 0.15) is 53.6 Å². The van der Waals surface area contributed by atoms with Gasteiger partial charge in [0.05, 0.1) is 5.54 Å². The molecular formula is C20H26N6O2. The molecule has 1 spiro atoms. The third-order valence-electron chi connectivity index (χ3n) is 5.60. The van der Waals surface area contributed by atoms with Crippen molar-refractivity contribution in [1.82, 2.24) is 15.3 Å². The molecule has 0 saturated heterocycles. The molecule has 1 saturated carbocycles. The average molecular weight is 382 g/mol. The fraction of sp³-hybridized carbons (Fsp3) is 0.450. The summed E-state index contributed by atoms with van der Waals surface area (Å²) in [4.78, 5) is 20.9. The lowest BCUT2D eigenvalue weighted by molar-refractivity contribution is 0.0909. The van der Waals surface area contributed by atoms with Gasteiger partial charge < -0.3 is 26.8 Å². The van der Waals surface area contributed by atoms with Crippen molar-refractivity contribution >= 4 is 23.2 Å². The number of aryl methyl sites for hydroxylation is 1. The lowest BCUT2D eigenvalue weighted by Crippen LogP contribution is -2.40.